The summed E-state index contributed by atoms with van der Waals surface area (Å²) in [4.78, 5) is 2.29. The van der Waals surface area contributed by atoms with Crippen molar-refractivity contribution < 1.29 is 4.74 Å². The van der Waals surface area contributed by atoms with E-state index in [4.69, 9.17) is 4.74 Å². The van der Waals surface area contributed by atoms with Crippen LogP contribution in [0.2, 0.25) is 0 Å². The molecule has 1 aliphatic heterocycles. The van der Waals surface area contributed by atoms with Crippen molar-refractivity contribution in [1.82, 2.24) is 0 Å². The molecule has 3 heteroatoms. The topological polar surface area (TPSA) is 12.5 Å². The SMILES string of the molecule is c1ccc2c(c1)Oc1ccccc1N2c1ccc(-c2ccc3c(c2)c2ccccc2c2c4sc5ccccc5c4c4ccccc4c32)cc1. The highest BCUT2D eigenvalue weighted by Gasteiger charge is 2.25. The molecule has 0 N–H and O–H groups in total. The predicted octanol–water partition coefficient (Wildman–Crippen LogP) is 13.9. The Labute approximate surface area is 286 Å². The molecule has 0 bridgehead atoms. The van der Waals surface area contributed by atoms with Crippen LogP contribution in [0.1, 0.15) is 0 Å². The third-order valence-corrected chi connectivity index (χ3v) is 11.4. The molecule has 0 fully saturated rings. The molecule has 49 heavy (non-hydrogen) atoms. The fraction of sp³-hybridized carbons (Fsp3) is 0. The van der Waals surface area contributed by atoms with Crippen LogP contribution < -0.4 is 9.64 Å². The standard InChI is InChI=1S/C46H27NOS/c1-2-12-32-31(11-1)37-27-29(28-21-24-30(25-22-28)47-38-16-6-8-18-40(38)48-41-19-9-7-17-39(41)47)23-26-35(37)43-33-13-3-4-14-34(33)44-36-15-5-10-20-42(36)49-46(44)45(32)43/h1-27H. The van der Waals surface area contributed by atoms with Gasteiger partial charge in [-0.05, 0) is 97.4 Å². The van der Waals surface area contributed by atoms with Gasteiger partial charge in [0, 0.05) is 31.2 Å². The van der Waals surface area contributed by atoms with Crippen LogP contribution in [0, 0.1) is 0 Å². The summed E-state index contributed by atoms with van der Waals surface area (Å²) in [6, 6.07) is 59.3. The number of thiophene rings is 1. The van der Waals surface area contributed by atoms with Gasteiger partial charge in [-0.15, -0.1) is 11.3 Å². The Morgan fingerprint density at radius 2 is 0.918 bits per heavy atom. The van der Waals surface area contributed by atoms with E-state index in [0.717, 1.165) is 28.6 Å². The molecule has 9 aromatic carbocycles. The van der Waals surface area contributed by atoms with Crippen molar-refractivity contribution in [3.05, 3.63) is 164 Å². The molecule has 0 unspecified atom stereocenters. The van der Waals surface area contributed by atoms with Gasteiger partial charge in [-0.25, -0.2) is 0 Å². The first-order chi connectivity index (χ1) is 24.3. The molecule has 0 saturated carbocycles. The van der Waals surface area contributed by atoms with Gasteiger partial charge < -0.3 is 9.64 Å². The summed E-state index contributed by atoms with van der Waals surface area (Å²) in [5.41, 5.74) is 5.58. The number of rotatable bonds is 2. The number of para-hydroxylation sites is 4. The van der Waals surface area contributed by atoms with Gasteiger partial charge in [0.1, 0.15) is 0 Å². The molecule has 2 nitrogen and oxygen atoms in total. The van der Waals surface area contributed by atoms with E-state index in [2.05, 4.69) is 144 Å². The van der Waals surface area contributed by atoms with Crippen LogP contribution in [-0.4, -0.2) is 0 Å². The minimum atomic E-state index is 0.861. The summed E-state index contributed by atoms with van der Waals surface area (Å²) >= 11 is 1.92. The minimum Gasteiger partial charge on any atom is -0.453 e. The van der Waals surface area contributed by atoms with Gasteiger partial charge in [-0.2, -0.15) is 0 Å². The second-order valence-electron chi connectivity index (χ2n) is 12.8. The van der Waals surface area contributed by atoms with E-state index < -0.39 is 0 Å². The molecule has 0 saturated heterocycles. The number of benzene rings is 9. The van der Waals surface area contributed by atoms with Gasteiger partial charge >= 0.3 is 0 Å². The Morgan fingerprint density at radius 1 is 0.388 bits per heavy atom. The largest absolute Gasteiger partial charge is 0.453 e. The lowest BCUT2D eigenvalue weighted by Gasteiger charge is -2.32. The lowest BCUT2D eigenvalue weighted by molar-refractivity contribution is 0.477. The highest BCUT2D eigenvalue weighted by atomic mass is 32.1. The normalized spacial score (nSPS) is 12.6. The van der Waals surface area contributed by atoms with E-state index >= 15 is 0 Å². The molecule has 0 radical (unpaired) electrons. The first-order valence-corrected chi connectivity index (χ1v) is 17.5. The molecule has 0 spiro atoms. The highest BCUT2D eigenvalue weighted by molar-refractivity contribution is 7.27. The van der Waals surface area contributed by atoms with E-state index in [9.17, 15) is 0 Å². The van der Waals surface area contributed by atoms with Crippen LogP contribution >= 0.6 is 11.3 Å². The Morgan fingerprint density at radius 3 is 1.63 bits per heavy atom. The number of ether oxygens (including phenoxy) is 1. The smallest absolute Gasteiger partial charge is 0.151 e. The fourth-order valence-electron chi connectivity index (χ4n) is 8.08. The lowest BCUT2D eigenvalue weighted by atomic mass is 9.88. The Hall–Kier alpha value is -6.16. The van der Waals surface area contributed by atoms with Crippen molar-refractivity contribution >= 4 is 91.7 Å². The molecular formula is C46H27NOS. The van der Waals surface area contributed by atoms with E-state index in [0.29, 0.717) is 0 Å². The van der Waals surface area contributed by atoms with E-state index in [1.54, 1.807) is 0 Å². The summed E-state index contributed by atoms with van der Waals surface area (Å²) in [6.45, 7) is 0. The third kappa shape index (κ3) is 3.82. The monoisotopic (exact) mass is 641 g/mol. The maximum absolute atomic E-state index is 6.25. The average Bonchev–Trinajstić information content (AvgIpc) is 3.56. The zero-order chi connectivity index (χ0) is 32.1. The molecule has 10 aromatic rings. The number of anilines is 3. The Bertz CT molecular complexity index is 2930. The second kappa shape index (κ2) is 10.2. The van der Waals surface area contributed by atoms with Crippen molar-refractivity contribution in [3.8, 4) is 22.6 Å². The number of nitrogens with zero attached hydrogens (tertiary/aromatic N) is 1. The average molecular weight is 642 g/mol. The summed E-state index contributed by atoms with van der Waals surface area (Å²) in [7, 11) is 0. The second-order valence-corrected chi connectivity index (χ2v) is 13.9. The summed E-state index contributed by atoms with van der Waals surface area (Å²) in [6.07, 6.45) is 0. The van der Waals surface area contributed by atoms with Crippen LogP contribution in [0.3, 0.4) is 0 Å². The van der Waals surface area contributed by atoms with Crippen LogP contribution in [0.4, 0.5) is 17.1 Å². The molecule has 11 rings (SSSR count). The predicted molar refractivity (Wildman–Crippen MR) is 210 cm³/mol. The van der Waals surface area contributed by atoms with Gasteiger partial charge in [-0.1, -0.05) is 115 Å². The quantitative estimate of drug-likeness (QED) is 0.174. The van der Waals surface area contributed by atoms with Crippen molar-refractivity contribution in [1.29, 1.82) is 0 Å². The first-order valence-electron chi connectivity index (χ1n) is 16.7. The summed E-state index contributed by atoms with van der Waals surface area (Å²) in [5.74, 6) is 1.72. The third-order valence-electron chi connectivity index (χ3n) is 10.2. The van der Waals surface area contributed by atoms with Crippen molar-refractivity contribution in [2.75, 3.05) is 4.90 Å². The van der Waals surface area contributed by atoms with Gasteiger partial charge in [0.05, 0.1) is 11.4 Å². The van der Waals surface area contributed by atoms with Crippen molar-refractivity contribution in [2.45, 2.75) is 0 Å². The van der Waals surface area contributed by atoms with Crippen molar-refractivity contribution in [3.63, 3.8) is 0 Å². The first kappa shape index (κ1) is 26.9. The zero-order valence-corrected chi connectivity index (χ0v) is 27.2. The molecule has 2 heterocycles. The zero-order valence-electron chi connectivity index (χ0n) is 26.4. The summed E-state index contributed by atoms with van der Waals surface area (Å²) in [5, 5.41) is 13.2. The van der Waals surface area contributed by atoms with Gasteiger partial charge in [0.15, 0.2) is 11.5 Å². The molecule has 0 aliphatic carbocycles. The van der Waals surface area contributed by atoms with Gasteiger partial charge in [-0.3, -0.25) is 0 Å². The molecule has 1 aromatic heterocycles. The van der Waals surface area contributed by atoms with E-state index in [1.807, 2.05) is 35.6 Å². The maximum Gasteiger partial charge on any atom is 0.151 e. The summed E-state index contributed by atoms with van der Waals surface area (Å²) < 4.78 is 8.96. The molecule has 0 atom stereocenters. The highest BCUT2D eigenvalue weighted by Crippen LogP contribution is 2.51. The molecule has 228 valence electrons. The number of fused-ring (bicyclic) bond motifs is 15. The number of hydrogen-bond acceptors (Lipinski definition) is 3. The molecule has 0 amide bonds. The minimum absolute atomic E-state index is 0.861. The maximum atomic E-state index is 6.25. The fourth-order valence-corrected chi connectivity index (χ4v) is 9.36. The molecule has 1 aliphatic rings. The van der Waals surface area contributed by atoms with Crippen LogP contribution in [-0.2, 0) is 0 Å². The van der Waals surface area contributed by atoms with Gasteiger partial charge in [0.25, 0.3) is 0 Å². The van der Waals surface area contributed by atoms with Crippen LogP contribution in [0.5, 0.6) is 11.5 Å². The Balaban J connectivity index is 1.13. The molecular weight excluding hydrogens is 615 g/mol. The number of hydrogen-bond donors (Lipinski definition) is 0. The van der Waals surface area contributed by atoms with E-state index in [1.165, 1.54) is 74.4 Å². The van der Waals surface area contributed by atoms with E-state index in [-0.39, 0.29) is 0 Å². The Kier molecular flexibility index (Phi) is 5.57. The van der Waals surface area contributed by atoms with Crippen molar-refractivity contribution in [2.24, 2.45) is 0 Å². The lowest BCUT2D eigenvalue weighted by Crippen LogP contribution is -2.15. The van der Waals surface area contributed by atoms with Crippen LogP contribution in [0.15, 0.2) is 164 Å². The van der Waals surface area contributed by atoms with Crippen LogP contribution in [0.25, 0.3) is 74.4 Å². The van der Waals surface area contributed by atoms with Gasteiger partial charge in [0.2, 0.25) is 0 Å².